The molecule has 1 aromatic heterocycles. The van der Waals surface area contributed by atoms with Crippen molar-refractivity contribution in [3.63, 3.8) is 0 Å². The van der Waals surface area contributed by atoms with Gasteiger partial charge in [0.25, 0.3) is 5.91 Å². The van der Waals surface area contributed by atoms with Gasteiger partial charge in [-0.25, -0.2) is 4.39 Å². The van der Waals surface area contributed by atoms with Crippen LogP contribution in [-0.2, 0) is 6.54 Å². The van der Waals surface area contributed by atoms with Crippen LogP contribution in [0.1, 0.15) is 27.7 Å². The Bertz CT molecular complexity index is 1060. The number of benzene rings is 2. The SMILES string of the molecule is COc1cccc(OC)c1OC1CCN(Cc2nnc(C(=O)Nc3ccc(F)cc3)s2)CC1. The molecule has 33 heavy (non-hydrogen) atoms. The van der Waals surface area contributed by atoms with Gasteiger partial charge in [0.15, 0.2) is 11.5 Å². The number of methoxy groups -OCH3 is 2. The van der Waals surface area contributed by atoms with E-state index in [0.29, 0.717) is 29.5 Å². The van der Waals surface area contributed by atoms with E-state index in [-0.39, 0.29) is 22.8 Å². The second kappa shape index (κ2) is 10.6. The first kappa shape index (κ1) is 22.9. The van der Waals surface area contributed by atoms with Crippen LogP contribution in [0.25, 0.3) is 0 Å². The summed E-state index contributed by atoms with van der Waals surface area (Å²) >= 11 is 1.26. The van der Waals surface area contributed by atoms with Crippen molar-refractivity contribution >= 4 is 22.9 Å². The van der Waals surface area contributed by atoms with Gasteiger partial charge in [0.1, 0.15) is 16.9 Å². The maximum atomic E-state index is 13.0. The standard InChI is InChI=1S/C23H25FN4O4S/c1-30-18-4-3-5-19(31-2)21(18)32-17-10-12-28(13-11-17)14-20-26-27-23(33-20)22(29)25-16-8-6-15(24)7-9-16/h3-9,17H,10-14H2,1-2H3,(H,25,29). The highest BCUT2D eigenvalue weighted by Crippen LogP contribution is 2.38. The van der Waals surface area contributed by atoms with Gasteiger partial charge in [-0.3, -0.25) is 9.69 Å². The number of hydrogen-bond donors (Lipinski definition) is 1. The molecule has 0 spiro atoms. The average Bonchev–Trinajstić information content (AvgIpc) is 3.30. The van der Waals surface area contributed by atoms with E-state index in [1.165, 1.54) is 35.6 Å². The van der Waals surface area contributed by atoms with Gasteiger partial charge < -0.3 is 19.5 Å². The first-order valence-electron chi connectivity index (χ1n) is 10.5. The number of rotatable bonds is 8. The highest BCUT2D eigenvalue weighted by molar-refractivity contribution is 7.13. The molecule has 1 N–H and O–H groups in total. The van der Waals surface area contributed by atoms with Crippen LogP contribution in [0.2, 0.25) is 0 Å². The van der Waals surface area contributed by atoms with E-state index in [1.54, 1.807) is 14.2 Å². The fourth-order valence-corrected chi connectivity index (χ4v) is 4.38. The summed E-state index contributed by atoms with van der Waals surface area (Å²) in [5.41, 5.74) is 0.506. The Hall–Kier alpha value is -3.24. The molecule has 10 heteroatoms. The van der Waals surface area contributed by atoms with Gasteiger partial charge in [-0.15, -0.1) is 10.2 Å². The van der Waals surface area contributed by atoms with Crippen LogP contribution < -0.4 is 19.5 Å². The van der Waals surface area contributed by atoms with E-state index in [4.69, 9.17) is 14.2 Å². The van der Waals surface area contributed by atoms with Gasteiger partial charge >= 0.3 is 0 Å². The smallest absolute Gasteiger partial charge is 0.286 e. The molecule has 0 saturated carbocycles. The monoisotopic (exact) mass is 472 g/mol. The third-order valence-corrected chi connectivity index (χ3v) is 6.23. The zero-order valence-corrected chi connectivity index (χ0v) is 19.2. The summed E-state index contributed by atoms with van der Waals surface area (Å²) in [6.07, 6.45) is 1.74. The lowest BCUT2D eigenvalue weighted by Crippen LogP contribution is -2.37. The van der Waals surface area contributed by atoms with Crippen molar-refractivity contribution in [2.75, 3.05) is 32.6 Å². The third kappa shape index (κ3) is 5.77. The van der Waals surface area contributed by atoms with E-state index in [0.717, 1.165) is 30.9 Å². The Balaban J connectivity index is 1.29. The number of piperidine rings is 1. The maximum absolute atomic E-state index is 13.0. The molecule has 3 aromatic rings. The molecule has 8 nitrogen and oxygen atoms in total. The Kier molecular flexibility index (Phi) is 7.36. The minimum Gasteiger partial charge on any atom is -0.493 e. The average molecular weight is 473 g/mol. The number of ether oxygens (including phenoxy) is 3. The van der Waals surface area contributed by atoms with E-state index < -0.39 is 0 Å². The number of carbonyl (C=O) groups is 1. The van der Waals surface area contributed by atoms with E-state index in [2.05, 4.69) is 20.4 Å². The normalized spacial score (nSPS) is 14.6. The van der Waals surface area contributed by atoms with Crippen LogP contribution in [-0.4, -0.2) is 54.4 Å². The molecule has 1 aliphatic heterocycles. The fourth-order valence-electron chi connectivity index (χ4n) is 3.60. The summed E-state index contributed by atoms with van der Waals surface area (Å²) < 4.78 is 30.1. The lowest BCUT2D eigenvalue weighted by atomic mass is 10.1. The minimum atomic E-state index is -0.359. The van der Waals surface area contributed by atoms with Crippen LogP contribution >= 0.6 is 11.3 Å². The number of carbonyl (C=O) groups excluding carboxylic acids is 1. The number of likely N-dealkylation sites (tertiary alicyclic amines) is 1. The summed E-state index contributed by atoms with van der Waals surface area (Å²) in [5.74, 6) is 1.21. The van der Waals surface area contributed by atoms with Crippen molar-refractivity contribution in [3.05, 3.63) is 58.3 Å². The van der Waals surface area contributed by atoms with Crippen LogP contribution in [0.4, 0.5) is 10.1 Å². The molecule has 174 valence electrons. The molecule has 2 heterocycles. The lowest BCUT2D eigenvalue weighted by molar-refractivity contribution is 0.0916. The minimum absolute atomic E-state index is 0.0536. The number of anilines is 1. The van der Waals surface area contributed by atoms with Crippen molar-refractivity contribution in [3.8, 4) is 17.2 Å². The second-order valence-electron chi connectivity index (χ2n) is 7.55. The molecular weight excluding hydrogens is 447 g/mol. The van der Waals surface area contributed by atoms with Gasteiger partial charge in [-0.1, -0.05) is 17.4 Å². The first-order valence-corrected chi connectivity index (χ1v) is 11.4. The molecule has 2 aromatic carbocycles. The quantitative estimate of drug-likeness (QED) is 0.531. The Morgan fingerprint density at radius 3 is 2.39 bits per heavy atom. The molecule has 1 fully saturated rings. The Morgan fingerprint density at radius 1 is 1.09 bits per heavy atom. The number of aromatic nitrogens is 2. The Labute approximate surface area is 195 Å². The number of nitrogens with one attached hydrogen (secondary N) is 1. The highest BCUT2D eigenvalue weighted by atomic mass is 32.1. The van der Waals surface area contributed by atoms with Crippen molar-refractivity contribution in [1.29, 1.82) is 0 Å². The highest BCUT2D eigenvalue weighted by Gasteiger charge is 2.24. The lowest BCUT2D eigenvalue weighted by Gasteiger charge is -2.32. The van der Waals surface area contributed by atoms with Crippen LogP contribution in [0.5, 0.6) is 17.2 Å². The summed E-state index contributed by atoms with van der Waals surface area (Å²) in [6, 6.07) is 11.2. The van der Waals surface area contributed by atoms with Gasteiger partial charge in [-0.05, 0) is 49.2 Å². The predicted octanol–water partition coefficient (Wildman–Crippen LogP) is 3.99. The first-order chi connectivity index (χ1) is 16.1. The van der Waals surface area contributed by atoms with E-state index in [9.17, 15) is 9.18 Å². The van der Waals surface area contributed by atoms with Gasteiger partial charge in [-0.2, -0.15) is 0 Å². The molecule has 0 radical (unpaired) electrons. The van der Waals surface area contributed by atoms with Gasteiger partial charge in [0.2, 0.25) is 10.8 Å². The number of nitrogens with zero attached hydrogens (tertiary/aromatic N) is 3. The predicted molar refractivity (Wildman–Crippen MR) is 123 cm³/mol. The number of para-hydroxylation sites is 1. The van der Waals surface area contributed by atoms with E-state index in [1.807, 2.05) is 18.2 Å². The largest absolute Gasteiger partial charge is 0.493 e. The second-order valence-corrected chi connectivity index (χ2v) is 8.61. The zero-order valence-electron chi connectivity index (χ0n) is 18.4. The van der Waals surface area contributed by atoms with Crippen molar-refractivity contribution in [2.24, 2.45) is 0 Å². The van der Waals surface area contributed by atoms with Crippen molar-refractivity contribution in [1.82, 2.24) is 15.1 Å². The molecular formula is C23H25FN4O4S. The summed E-state index contributed by atoms with van der Waals surface area (Å²) in [4.78, 5) is 14.6. The fraction of sp³-hybridized carbons (Fsp3) is 0.348. The molecule has 4 rings (SSSR count). The molecule has 0 atom stereocenters. The van der Waals surface area contributed by atoms with E-state index >= 15 is 0 Å². The summed E-state index contributed by atoms with van der Waals surface area (Å²) in [6.45, 7) is 2.28. The molecule has 1 saturated heterocycles. The van der Waals surface area contributed by atoms with Crippen LogP contribution in [0.3, 0.4) is 0 Å². The maximum Gasteiger partial charge on any atom is 0.286 e. The van der Waals surface area contributed by atoms with Gasteiger partial charge in [0.05, 0.1) is 20.8 Å². The van der Waals surface area contributed by atoms with Crippen LogP contribution in [0.15, 0.2) is 42.5 Å². The topological polar surface area (TPSA) is 85.8 Å². The van der Waals surface area contributed by atoms with Crippen LogP contribution in [0, 0.1) is 5.82 Å². The molecule has 0 aliphatic carbocycles. The molecule has 1 aliphatic rings. The number of halogens is 1. The summed E-state index contributed by atoms with van der Waals surface area (Å²) in [5, 5.41) is 11.9. The zero-order chi connectivity index (χ0) is 23.2. The van der Waals surface area contributed by atoms with Crippen molar-refractivity contribution < 1.29 is 23.4 Å². The molecule has 0 unspecified atom stereocenters. The molecule has 1 amide bonds. The number of hydrogen-bond acceptors (Lipinski definition) is 8. The third-order valence-electron chi connectivity index (χ3n) is 5.32. The van der Waals surface area contributed by atoms with Crippen molar-refractivity contribution in [2.45, 2.75) is 25.5 Å². The number of amides is 1. The molecule has 0 bridgehead atoms. The summed E-state index contributed by atoms with van der Waals surface area (Å²) in [7, 11) is 3.22. The Morgan fingerprint density at radius 2 is 1.76 bits per heavy atom. The van der Waals surface area contributed by atoms with Gasteiger partial charge in [0, 0.05) is 18.8 Å².